The van der Waals surface area contributed by atoms with Crippen molar-refractivity contribution >= 4 is 57.2 Å². The Morgan fingerprint density at radius 1 is 0.188 bits per heavy atom. The number of para-hydroxylation sites is 2. The highest BCUT2D eigenvalue weighted by molar-refractivity contribution is 7.00. The molecular weight excluding hydrogens is 1220 g/mol. The van der Waals surface area contributed by atoms with Gasteiger partial charge in [-0.2, -0.15) is 0 Å². The fraction of sp³-hybridized carbons (Fsp3) is 0.0816. The highest BCUT2D eigenvalue weighted by Gasteiger charge is 2.44. The molecule has 0 bridgehead atoms. The van der Waals surface area contributed by atoms with Crippen molar-refractivity contribution in [3.05, 3.63) is 369 Å². The molecule has 2 nitrogen and oxygen atoms in total. The van der Waals surface area contributed by atoms with Crippen molar-refractivity contribution in [1.82, 2.24) is 0 Å². The van der Waals surface area contributed by atoms with Gasteiger partial charge in [0, 0.05) is 33.9 Å². The van der Waals surface area contributed by atoms with E-state index in [1.165, 1.54) is 117 Å². The van der Waals surface area contributed by atoms with Gasteiger partial charge in [0.15, 0.2) is 0 Å². The van der Waals surface area contributed by atoms with Crippen molar-refractivity contribution in [2.24, 2.45) is 0 Å². The standard InChI is InChI=1S/C98H77BN2/c1-97(2,3)80-52-46-70(47-53-80)82-36-19-21-38-84(82)72-50-56-92-88(64-72)99-89-65-73(85-39-22-20-37-83(85)71-48-54-81(55-49-71)98(4,5)6)51-57-93(89)101(91-43-26-24-41-87(91)79-62-76(68-32-15-9-16-33-68)59-77(63-79)69-34-17-10-18-35-69)95-45-27-44-94(96(95)99)100(92)90-42-25-23-40-86(90)78-60-74(66-28-11-7-12-29-66)58-75(61-78)67-30-13-8-14-31-67/h7-65H,1-6H3. The molecule has 15 aromatic carbocycles. The first-order valence-corrected chi connectivity index (χ1v) is 35.5. The van der Waals surface area contributed by atoms with Gasteiger partial charge in [-0.3, -0.25) is 0 Å². The normalized spacial score (nSPS) is 12.4. The summed E-state index contributed by atoms with van der Waals surface area (Å²) in [5, 5.41) is 0. The third kappa shape index (κ3) is 11.7. The van der Waals surface area contributed by atoms with Crippen LogP contribution in [-0.4, -0.2) is 6.71 Å². The second-order valence-corrected chi connectivity index (χ2v) is 29.2. The second kappa shape index (κ2) is 25.7. The van der Waals surface area contributed by atoms with Crippen molar-refractivity contribution in [2.45, 2.75) is 52.4 Å². The van der Waals surface area contributed by atoms with Crippen molar-refractivity contribution in [3.63, 3.8) is 0 Å². The lowest BCUT2D eigenvalue weighted by molar-refractivity contribution is 0.590. The van der Waals surface area contributed by atoms with Gasteiger partial charge in [-0.25, -0.2) is 0 Å². The third-order valence-electron chi connectivity index (χ3n) is 20.8. The lowest BCUT2D eigenvalue weighted by Crippen LogP contribution is -2.61. The molecule has 2 heterocycles. The first-order chi connectivity index (χ1) is 49.4. The van der Waals surface area contributed by atoms with E-state index < -0.39 is 0 Å². The lowest BCUT2D eigenvalue weighted by Gasteiger charge is -2.45. The first-order valence-electron chi connectivity index (χ1n) is 35.5. The average Bonchev–Trinajstić information content (AvgIpc) is 0.694. The molecule has 17 rings (SSSR count). The average molecular weight is 1290 g/mol. The molecule has 0 aliphatic carbocycles. The van der Waals surface area contributed by atoms with Gasteiger partial charge < -0.3 is 9.80 Å². The van der Waals surface area contributed by atoms with E-state index in [-0.39, 0.29) is 17.5 Å². The predicted octanol–water partition coefficient (Wildman–Crippen LogP) is 25.0. The van der Waals surface area contributed by atoms with Gasteiger partial charge in [-0.05, 0) is 211 Å². The van der Waals surface area contributed by atoms with E-state index in [2.05, 4.69) is 409 Å². The summed E-state index contributed by atoms with van der Waals surface area (Å²) in [5.41, 5.74) is 36.6. The van der Waals surface area contributed by atoms with Gasteiger partial charge in [0.2, 0.25) is 0 Å². The van der Waals surface area contributed by atoms with Crippen LogP contribution in [0.4, 0.5) is 34.1 Å². The van der Waals surface area contributed by atoms with Gasteiger partial charge >= 0.3 is 0 Å². The van der Waals surface area contributed by atoms with E-state index in [1.807, 2.05) is 0 Å². The fourth-order valence-electron chi connectivity index (χ4n) is 15.7. The van der Waals surface area contributed by atoms with Crippen molar-refractivity contribution in [2.75, 3.05) is 9.80 Å². The minimum atomic E-state index is -0.216. The number of fused-ring (bicyclic) bond motifs is 4. The zero-order valence-electron chi connectivity index (χ0n) is 58.0. The third-order valence-corrected chi connectivity index (χ3v) is 20.8. The van der Waals surface area contributed by atoms with Crippen LogP contribution in [0, 0.1) is 0 Å². The van der Waals surface area contributed by atoms with Crippen LogP contribution in [0.15, 0.2) is 358 Å². The van der Waals surface area contributed by atoms with E-state index >= 15 is 0 Å². The van der Waals surface area contributed by atoms with Crippen molar-refractivity contribution < 1.29 is 0 Å². The number of hydrogen-bond acceptors (Lipinski definition) is 2. The number of hydrogen-bond donors (Lipinski definition) is 0. The summed E-state index contributed by atoms with van der Waals surface area (Å²) in [6.45, 7) is 13.5. The molecule has 3 heteroatoms. The molecule has 2 aliphatic heterocycles. The maximum atomic E-state index is 2.60. The summed E-state index contributed by atoms with van der Waals surface area (Å²) < 4.78 is 0. The largest absolute Gasteiger partial charge is 0.311 e. The number of benzene rings is 15. The molecular formula is C98H77BN2. The summed E-state index contributed by atoms with van der Waals surface area (Å²) >= 11 is 0. The molecule has 0 saturated heterocycles. The summed E-state index contributed by atoms with van der Waals surface area (Å²) in [5.74, 6) is 0. The van der Waals surface area contributed by atoms with Gasteiger partial charge in [0.1, 0.15) is 0 Å². The van der Waals surface area contributed by atoms with Crippen molar-refractivity contribution in [3.8, 4) is 111 Å². The van der Waals surface area contributed by atoms with E-state index in [1.54, 1.807) is 0 Å². The van der Waals surface area contributed by atoms with Gasteiger partial charge in [0.05, 0.1) is 11.4 Å². The monoisotopic (exact) mass is 1290 g/mol. The quantitative estimate of drug-likeness (QED) is 0.113. The molecule has 0 spiro atoms. The molecule has 0 atom stereocenters. The zero-order valence-corrected chi connectivity index (χ0v) is 58.0. The van der Waals surface area contributed by atoms with Crippen LogP contribution in [0.1, 0.15) is 52.7 Å². The number of nitrogens with zero attached hydrogens (tertiary/aromatic N) is 2. The SMILES string of the molecule is CC(C)(C)c1ccc(-c2ccccc2-c2ccc3c(c2)B2c4cc(-c5ccccc5-c5ccc(C(C)(C)C)cc5)ccc4N(c4ccccc4-c4cc(-c5ccccc5)cc(-c5ccccc5)c4)c4cccc(c42)N3c2ccccc2-c2cc(-c3ccccc3)cc(-c3ccccc3)c2)cc1. The Labute approximate surface area is 595 Å². The predicted molar refractivity (Wildman–Crippen MR) is 432 cm³/mol. The molecule has 0 N–H and O–H groups in total. The summed E-state index contributed by atoms with van der Waals surface area (Å²) in [4.78, 5) is 5.20. The topological polar surface area (TPSA) is 6.48 Å². The van der Waals surface area contributed by atoms with Gasteiger partial charge in [-0.1, -0.05) is 327 Å². The highest BCUT2D eigenvalue weighted by Crippen LogP contribution is 2.51. The zero-order chi connectivity index (χ0) is 68.3. The summed E-state index contributed by atoms with van der Waals surface area (Å²) in [6.07, 6.45) is 0. The molecule has 15 aromatic rings. The maximum absolute atomic E-state index is 2.60. The Morgan fingerprint density at radius 3 is 0.782 bits per heavy atom. The summed E-state index contributed by atoms with van der Waals surface area (Å²) in [7, 11) is 0. The lowest BCUT2D eigenvalue weighted by atomic mass is 9.33. The van der Waals surface area contributed by atoms with E-state index in [0.717, 1.165) is 56.4 Å². The highest BCUT2D eigenvalue weighted by atomic mass is 15.2. The molecule has 0 aromatic heterocycles. The minimum absolute atomic E-state index is 0.0258. The molecule has 482 valence electrons. The van der Waals surface area contributed by atoms with Crippen LogP contribution < -0.4 is 26.2 Å². The van der Waals surface area contributed by atoms with Crippen LogP contribution in [0.3, 0.4) is 0 Å². The molecule has 0 amide bonds. The van der Waals surface area contributed by atoms with E-state index in [0.29, 0.717) is 0 Å². The molecule has 0 saturated carbocycles. The number of anilines is 6. The Hall–Kier alpha value is -12.0. The molecule has 101 heavy (non-hydrogen) atoms. The molecule has 0 radical (unpaired) electrons. The van der Waals surface area contributed by atoms with Gasteiger partial charge in [0.25, 0.3) is 6.71 Å². The number of rotatable bonds is 12. The minimum Gasteiger partial charge on any atom is -0.311 e. The van der Waals surface area contributed by atoms with Crippen molar-refractivity contribution in [1.29, 1.82) is 0 Å². The maximum Gasteiger partial charge on any atom is 0.252 e. The van der Waals surface area contributed by atoms with Gasteiger partial charge in [-0.15, -0.1) is 0 Å². The first kappa shape index (κ1) is 62.5. The Kier molecular flexibility index (Phi) is 15.9. The van der Waals surface area contributed by atoms with Crippen LogP contribution in [-0.2, 0) is 10.8 Å². The van der Waals surface area contributed by atoms with E-state index in [9.17, 15) is 0 Å². The van der Waals surface area contributed by atoms with E-state index in [4.69, 9.17) is 0 Å². The Balaban J connectivity index is 0.938. The Bertz CT molecular complexity index is 5130. The molecule has 0 unspecified atom stereocenters. The molecule has 0 fully saturated rings. The Morgan fingerprint density at radius 2 is 0.455 bits per heavy atom. The molecule has 2 aliphatic rings. The summed E-state index contributed by atoms with van der Waals surface area (Å²) in [6, 6.07) is 134. The second-order valence-electron chi connectivity index (χ2n) is 29.2. The smallest absolute Gasteiger partial charge is 0.252 e. The van der Waals surface area contributed by atoms with Crippen LogP contribution in [0.2, 0.25) is 0 Å². The fourth-order valence-corrected chi connectivity index (χ4v) is 15.7. The van der Waals surface area contributed by atoms with Crippen LogP contribution in [0.5, 0.6) is 0 Å². The van der Waals surface area contributed by atoms with Crippen LogP contribution in [0.25, 0.3) is 111 Å². The van der Waals surface area contributed by atoms with Crippen LogP contribution >= 0.6 is 0 Å².